The lowest BCUT2D eigenvalue weighted by atomic mass is 10.1. The Hall–Kier alpha value is -2.38. The minimum Gasteiger partial charge on any atom is -0.496 e. The van der Waals surface area contributed by atoms with Crippen LogP contribution in [0.25, 0.3) is 0 Å². The van der Waals surface area contributed by atoms with Crippen LogP contribution in [0.2, 0.25) is 0 Å². The van der Waals surface area contributed by atoms with Crippen molar-refractivity contribution in [1.29, 1.82) is 0 Å². The van der Waals surface area contributed by atoms with Gasteiger partial charge in [0.15, 0.2) is 0 Å². The Morgan fingerprint density at radius 1 is 1.44 bits per heavy atom. The molecule has 1 fully saturated rings. The minimum absolute atomic E-state index is 0.00650. The molecule has 7 heteroatoms. The van der Waals surface area contributed by atoms with Crippen LogP contribution in [0.3, 0.4) is 0 Å². The number of para-hydroxylation sites is 1. The summed E-state index contributed by atoms with van der Waals surface area (Å²) in [7, 11) is 3.62. The number of nitrogens with one attached hydrogen (secondary N) is 2. The summed E-state index contributed by atoms with van der Waals surface area (Å²) in [6, 6.07) is 7.82. The van der Waals surface area contributed by atoms with Crippen LogP contribution in [0.15, 0.2) is 36.7 Å². The highest BCUT2D eigenvalue weighted by Crippen LogP contribution is 2.20. The van der Waals surface area contributed by atoms with Gasteiger partial charge in [-0.1, -0.05) is 18.2 Å². The molecule has 1 aliphatic rings. The van der Waals surface area contributed by atoms with Crippen molar-refractivity contribution in [3.05, 3.63) is 48.0 Å². The van der Waals surface area contributed by atoms with Crippen molar-refractivity contribution in [2.45, 2.75) is 12.6 Å². The highest BCUT2D eigenvalue weighted by atomic mass is 16.5. The predicted octanol–water partition coefficient (Wildman–Crippen LogP) is 0.691. The predicted molar refractivity (Wildman–Crippen MR) is 95.2 cm³/mol. The molecule has 1 saturated heterocycles. The van der Waals surface area contributed by atoms with Crippen LogP contribution in [0, 0.1) is 0 Å². The van der Waals surface area contributed by atoms with Gasteiger partial charge in [-0.3, -0.25) is 9.69 Å². The van der Waals surface area contributed by atoms with E-state index in [9.17, 15) is 4.79 Å². The molecule has 0 aliphatic carbocycles. The lowest BCUT2D eigenvalue weighted by Gasteiger charge is -2.35. The van der Waals surface area contributed by atoms with E-state index in [0.717, 1.165) is 36.8 Å². The lowest BCUT2D eigenvalue weighted by molar-refractivity contribution is -0.123. The highest BCUT2D eigenvalue weighted by Gasteiger charge is 2.28. The van der Waals surface area contributed by atoms with E-state index in [1.54, 1.807) is 13.3 Å². The van der Waals surface area contributed by atoms with Crippen LogP contribution in [0.4, 0.5) is 0 Å². The molecule has 0 bridgehead atoms. The van der Waals surface area contributed by atoms with Gasteiger partial charge in [0.2, 0.25) is 5.91 Å². The molecule has 134 valence electrons. The fourth-order valence-electron chi connectivity index (χ4n) is 3.17. The first-order chi connectivity index (χ1) is 12.2. The van der Waals surface area contributed by atoms with E-state index >= 15 is 0 Å². The molecule has 2 N–H and O–H groups in total. The molecule has 2 heterocycles. The third-order valence-corrected chi connectivity index (χ3v) is 4.53. The first-order valence-corrected chi connectivity index (χ1v) is 8.49. The van der Waals surface area contributed by atoms with Crippen LogP contribution in [-0.4, -0.2) is 53.6 Å². The summed E-state index contributed by atoms with van der Waals surface area (Å²) in [5, 5.41) is 6.38. The molecule has 3 rings (SSSR count). The number of methoxy groups -OCH3 is 1. The number of nitrogens with zero attached hydrogens (tertiary/aromatic N) is 3. The Kier molecular flexibility index (Phi) is 5.67. The van der Waals surface area contributed by atoms with Crippen LogP contribution >= 0.6 is 0 Å². The number of carbonyl (C=O) groups is 1. The van der Waals surface area contributed by atoms with Crippen molar-refractivity contribution in [2.24, 2.45) is 7.05 Å². The van der Waals surface area contributed by atoms with E-state index in [2.05, 4.69) is 20.5 Å². The van der Waals surface area contributed by atoms with Crippen LogP contribution in [0.1, 0.15) is 17.4 Å². The third kappa shape index (κ3) is 4.18. The van der Waals surface area contributed by atoms with Crippen LogP contribution in [-0.2, 0) is 18.4 Å². The summed E-state index contributed by atoms with van der Waals surface area (Å²) < 4.78 is 7.34. The molecular weight excluding hydrogens is 318 g/mol. The van der Waals surface area contributed by atoms with Gasteiger partial charge in [-0.05, 0) is 6.07 Å². The molecule has 1 atom stereocenters. The summed E-state index contributed by atoms with van der Waals surface area (Å²) in [5.74, 6) is 1.77. The second kappa shape index (κ2) is 8.13. The number of imidazole rings is 1. The van der Waals surface area contributed by atoms with Gasteiger partial charge in [0, 0.05) is 51.2 Å². The number of aromatic nitrogens is 2. The zero-order valence-corrected chi connectivity index (χ0v) is 14.7. The van der Waals surface area contributed by atoms with Gasteiger partial charge >= 0.3 is 0 Å². The van der Waals surface area contributed by atoms with Crippen molar-refractivity contribution >= 4 is 5.91 Å². The van der Waals surface area contributed by atoms with Gasteiger partial charge < -0.3 is 19.9 Å². The number of amides is 1. The first-order valence-electron chi connectivity index (χ1n) is 8.49. The third-order valence-electron chi connectivity index (χ3n) is 4.53. The zero-order valence-electron chi connectivity index (χ0n) is 14.7. The molecule has 1 unspecified atom stereocenters. The van der Waals surface area contributed by atoms with Crippen LogP contribution < -0.4 is 15.4 Å². The maximum absolute atomic E-state index is 12.4. The molecule has 0 spiro atoms. The Morgan fingerprint density at radius 3 is 3.04 bits per heavy atom. The molecule has 1 aromatic carbocycles. The molecule has 2 aromatic rings. The van der Waals surface area contributed by atoms with Gasteiger partial charge in [-0.2, -0.15) is 0 Å². The number of carbonyl (C=O) groups excluding carboxylic acids is 1. The SMILES string of the molecule is COc1ccccc1CNC(=O)CN1CCNCC1c1nccn1C. The fraction of sp³-hybridized carbons (Fsp3) is 0.444. The second-order valence-electron chi connectivity index (χ2n) is 6.18. The minimum atomic E-state index is 0.00650. The van der Waals surface area contributed by atoms with Gasteiger partial charge in [-0.15, -0.1) is 0 Å². The Bertz CT molecular complexity index is 715. The number of hydrogen-bond donors (Lipinski definition) is 2. The standard InChI is InChI=1S/C18H25N5O2/c1-22-9-8-20-18(22)15-12-19-7-10-23(15)13-17(24)21-11-14-5-3-4-6-16(14)25-2/h3-6,8-9,15,19H,7,10-13H2,1-2H3,(H,21,24). The maximum atomic E-state index is 12.4. The number of hydrogen-bond acceptors (Lipinski definition) is 5. The summed E-state index contributed by atoms with van der Waals surface area (Å²) in [5.41, 5.74) is 0.972. The topological polar surface area (TPSA) is 71.4 Å². The maximum Gasteiger partial charge on any atom is 0.234 e. The molecule has 25 heavy (non-hydrogen) atoms. The summed E-state index contributed by atoms with van der Waals surface area (Å²) in [6.45, 7) is 3.31. The van der Waals surface area contributed by atoms with E-state index < -0.39 is 0 Å². The molecule has 1 aliphatic heterocycles. The zero-order chi connectivity index (χ0) is 17.6. The molecule has 7 nitrogen and oxygen atoms in total. The Balaban J connectivity index is 1.60. The fourth-order valence-corrected chi connectivity index (χ4v) is 3.17. The molecule has 1 aromatic heterocycles. The summed E-state index contributed by atoms with van der Waals surface area (Å²) in [4.78, 5) is 19.1. The van der Waals surface area contributed by atoms with Crippen LogP contribution in [0.5, 0.6) is 5.75 Å². The second-order valence-corrected chi connectivity index (χ2v) is 6.18. The van der Waals surface area contributed by atoms with E-state index in [1.165, 1.54) is 0 Å². The van der Waals surface area contributed by atoms with E-state index in [-0.39, 0.29) is 11.9 Å². The van der Waals surface area contributed by atoms with Crippen molar-refractivity contribution in [2.75, 3.05) is 33.3 Å². The number of aryl methyl sites for hydroxylation is 1. The van der Waals surface area contributed by atoms with Crippen molar-refractivity contribution in [1.82, 2.24) is 25.1 Å². The normalized spacial score (nSPS) is 18.1. The number of ether oxygens (including phenoxy) is 1. The number of benzene rings is 1. The Labute approximate surface area is 148 Å². The van der Waals surface area contributed by atoms with Gasteiger partial charge in [0.1, 0.15) is 11.6 Å². The monoisotopic (exact) mass is 343 g/mol. The molecule has 1 amide bonds. The average molecular weight is 343 g/mol. The van der Waals surface area contributed by atoms with E-state index in [4.69, 9.17) is 4.74 Å². The van der Waals surface area contributed by atoms with Crippen molar-refractivity contribution in [3.63, 3.8) is 0 Å². The number of rotatable bonds is 6. The van der Waals surface area contributed by atoms with E-state index in [1.807, 2.05) is 42.1 Å². The number of piperazine rings is 1. The quantitative estimate of drug-likeness (QED) is 0.808. The average Bonchev–Trinajstić information content (AvgIpc) is 3.06. The lowest BCUT2D eigenvalue weighted by Crippen LogP contribution is -2.50. The van der Waals surface area contributed by atoms with Gasteiger partial charge in [0.05, 0.1) is 19.7 Å². The smallest absolute Gasteiger partial charge is 0.234 e. The van der Waals surface area contributed by atoms with Crippen molar-refractivity contribution < 1.29 is 9.53 Å². The molecular formula is C18H25N5O2. The highest BCUT2D eigenvalue weighted by molar-refractivity contribution is 5.78. The van der Waals surface area contributed by atoms with Crippen molar-refractivity contribution in [3.8, 4) is 5.75 Å². The molecule has 0 saturated carbocycles. The van der Waals surface area contributed by atoms with E-state index in [0.29, 0.717) is 13.1 Å². The largest absolute Gasteiger partial charge is 0.496 e. The first kappa shape index (κ1) is 17.4. The Morgan fingerprint density at radius 2 is 2.28 bits per heavy atom. The van der Waals surface area contributed by atoms with Gasteiger partial charge in [-0.25, -0.2) is 4.98 Å². The molecule has 0 radical (unpaired) electrons. The summed E-state index contributed by atoms with van der Waals surface area (Å²) in [6.07, 6.45) is 3.73. The summed E-state index contributed by atoms with van der Waals surface area (Å²) >= 11 is 0. The van der Waals surface area contributed by atoms with Gasteiger partial charge in [0.25, 0.3) is 0 Å².